The highest BCUT2D eigenvalue weighted by Crippen LogP contribution is 2.25. The quantitative estimate of drug-likeness (QED) is 0.717. The van der Waals surface area contributed by atoms with Gasteiger partial charge in [0.25, 0.3) is 5.91 Å². The van der Waals surface area contributed by atoms with Gasteiger partial charge < -0.3 is 5.32 Å². The number of sulfonamides is 1. The van der Waals surface area contributed by atoms with Crippen LogP contribution in [0.1, 0.15) is 22.3 Å². The molecule has 3 aromatic rings. The van der Waals surface area contributed by atoms with Crippen LogP contribution in [0.5, 0.6) is 0 Å². The van der Waals surface area contributed by atoms with Crippen molar-refractivity contribution in [1.82, 2.24) is 20.2 Å². The van der Waals surface area contributed by atoms with Crippen LogP contribution >= 0.6 is 0 Å². The lowest BCUT2D eigenvalue weighted by Gasteiger charge is -2.17. The van der Waals surface area contributed by atoms with Gasteiger partial charge in [0.15, 0.2) is 0 Å². The number of carbonyl (C=O) groups is 1. The van der Waals surface area contributed by atoms with E-state index in [-0.39, 0.29) is 11.7 Å². The van der Waals surface area contributed by atoms with E-state index in [1.54, 1.807) is 36.4 Å². The largest absolute Gasteiger partial charge is 0.322 e. The van der Waals surface area contributed by atoms with Crippen molar-refractivity contribution in [2.24, 2.45) is 0 Å². The van der Waals surface area contributed by atoms with Crippen molar-refractivity contribution in [2.45, 2.75) is 13.3 Å². The number of amides is 1. The number of nitrogens with one attached hydrogen (secondary N) is 1. The molecule has 0 aliphatic carbocycles. The number of hydrogen-bond donors (Lipinski definition) is 1. The van der Waals surface area contributed by atoms with Gasteiger partial charge >= 0.3 is 0 Å². The van der Waals surface area contributed by atoms with Crippen molar-refractivity contribution in [3.8, 4) is 5.69 Å². The maximum atomic E-state index is 12.6. The molecule has 1 aliphatic rings. The highest BCUT2D eigenvalue weighted by Gasteiger charge is 2.28. The molecule has 0 atom stereocenters. The minimum absolute atomic E-state index is 0.159. The fourth-order valence-electron chi connectivity index (χ4n) is 3.12. The van der Waals surface area contributed by atoms with Crippen molar-refractivity contribution in [1.29, 1.82) is 0 Å². The number of aromatic nitrogens is 4. The fraction of sp³-hybridized carbons (Fsp3) is 0.222. The van der Waals surface area contributed by atoms with Gasteiger partial charge in [0.1, 0.15) is 6.33 Å². The lowest BCUT2D eigenvalue weighted by Crippen LogP contribution is -2.25. The van der Waals surface area contributed by atoms with Gasteiger partial charge in [0.2, 0.25) is 10.0 Å². The lowest BCUT2D eigenvalue weighted by molar-refractivity contribution is 0.102. The number of tetrazole rings is 1. The Labute approximate surface area is 162 Å². The number of anilines is 2. The summed E-state index contributed by atoms with van der Waals surface area (Å²) in [6.45, 7) is 2.39. The molecule has 1 amide bonds. The summed E-state index contributed by atoms with van der Waals surface area (Å²) in [5, 5.41) is 14.0. The van der Waals surface area contributed by atoms with E-state index in [9.17, 15) is 13.2 Å². The molecule has 2 heterocycles. The molecule has 9 nitrogen and oxygen atoms in total. The first-order valence-electron chi connectivity index (χ1n) is 8.70. The third kappa shape index (κ3) is 3.46. The number of carbonyl (C=O) groups excluding carboxylic acids is 1. The van der Waals surface area contributed by atoms with E-state index in [0.717, 1.165) is 11.3 Å². The van der Waals surface area contributed by atoms with Gasteiger partial charge in [0.05, 0.1) is 17.1 Å². The molecule has 0 bridgehead atoms. The highest BCUT2D eigenvalue weighted by molar-refractivity contribution is 7.93. The van der Waals surface area contributed by atoms with E-state index in [1.165, 1.54) is 15.3 Å². The van der Waals surface area contributed by atoms with E-state index in [1.807, 2.05) is 13.0 Å². The van der Waals surface area contributed by atoms with E-state index in [2.05, 4.69) is 20.8 Å². The van der Waals surface area contributed by atoms with Crippen LogP contribution in [0.15, 0.2) is 48.8 Å². The first-order valence-corrected chi connectivity index (χ1v) is 10.3. The standard InChI is InChI=1S/C18H18N6O3S/c1-13-3-6-15(11-17(13)23-12-19-21-22-23)20-18(25)14-4-7-16(8-5-14)24-9-2-10-28(24,26)27/h3-8,11-12H,2,9-10H2,1H3,(H,20,25). The zero-order valence-corrected chi connectivity index (χ0v) is 15.9. The van der Waals surface area contributed by atoms with Gasteiger partial charge in [0, 0.05) is 17.8 Å². The number of benzene rings is 2. The Hall–Kier alpha value is -3.27. The molecule has 0 radical (unpaired) electrons. The van der Waals surface area contributed by atoms with Gasteiger partial charge in [-0.3, -0.25) is 9.10 Å². The average molecular weight is 398 g/mol. The second-order valence-corrected chi connectivity index (χ2v) is 8.51. The Morgan fingerprint density at radius 3 is 2.57 bits per heavy atom. The average Bonchev–Trinajstić information content (AvgIpc) is 3.32. The Morgan fingerprint density at radius 2 is 1.93 bits per heavy atom. The maximum Gasteiger partial charge on any atom is 0.255 e. The Kier molecular flexibility index (Phi) is 4.55. The Morgan fingerprint density at radius 1 is 1.14 bits per heavy atom. The summed E-state index contributed by atoms with van der Waals surface area (Å²) in [6.07, 6.45) is 2.10. The van der Waals surface area contributed by atoms with Gasteiger partial charge in [-0.25, -0.2) is 13.1 Å². The second kappa shape index (κ2) is 7.04. The number of aryl methyl sites for hydroxylation is 1. The van der Waals surface area contributed by atoms with Crippen molar-refractivity contribution in [3.05, 3.63) is 59.9 Å². The molecule has 2 aromatic carbocycles. The van der Waals surface area contributed by atoms with Crippen LogP contribution < -0.4 is 9.62 Å². The molecule has 10 heteroatoms. The van der Waals surface area contributed by atoms with Crippen LogP contribution in [0, 0.1) is 6.92 Å². The molecule has 1 fully saturated rings. The Balaban J connectivity index is 1.52. The van der Waals surface area contributed by atoms with Crippen LogP contribution in [0.2, 0.25) is 0 Å². The summed E-state index contributed by atoms with van der Waals surface area (Å²) < 4.78 is 26.9. The fourth-order valence-corrected chi connectivity index (χ4v) is 4.68. The molecule has 1 aliphatic heterocycles. The lowest BCUT2D eigenvalue weighted by atomic mass is 10.1. The number of rotatable bonds is 4. The normalized spacial score (nSPS) is 15.5. The maximum absolute atomic E-state index is 12.6. The van der Waals surface area contributed by atoms with Crippen molar-refractivity contribution in [2.75, 3.05) is 21.9 Å². The molecular formula is C18H18N6O3S. The molecule has 0 spiro atoms. The van der Waals surface area contributed by atoms with E-state index in [0.29, 0.717) is 29.9 Å². The number of hydrogen-bond acceptors (Lipinski definition) is 6. The predicted octanol–water partition coefficient (Wildman–Crippen LogP) is 1.76. The monoisotopic (exact) mass is 398 g/mol. The molecule has 1 aromatic heterocycles. The molecule has 144 valence electrons. The zero-order chi connectivity index (χ0) is 19.7. The summed E-state index contributed by atoms with van der Waals surface area (Å²) in [7, 11) is -3.24. The Bertz CT molecular complexity index is 1110. The van der Waals surface area contributed by atoms with E-state index in [4.69, 9.17) is 0 Å². The summed E-state index contributed by atoms with van der Waals surface area (Å²) in [6, 6.07) is 12.0. The van der Waals surface area contributed by atoms with Crippen LogP contribution in [0.25, 0.3) is 5.69 Å². The first kappa shape index (κ1) is 18.1. The third-order valence-corrected chi connectivity index (χ3v) is 6.45. The molecule has 4 rings (SSSR count). The number of nitrogens with zero attached hydrogens (tertiary/aromatic N) is 5. The molecule has 0 unspecified atom stereocenters. The van der Waals surface area contributed by atoms with Gasteiger partial charge in [-0.15, -0.1) is 5.10 Å². The SMILES string of the molecule is Cc1ccc(NC(=O)c2ccc(N3CCCS3(=O)=O)cc2)cc1-n1cnnn1. The highest BCUT2D eigenvalue weighted by atomic mass is 32.2. The van der Waals surface area contributed by atoms with E-state index >= 15 is 0 Å². The topological polar surface area (TPSA) is 110 Å². The van der Waals surface area contributed by atoms with Crippen molar-refractivity contribution < 1.29 is 13.2 Å². The smallest absolute Gasteiger partial charge is 0.255 e. The third-order valence-electron chi connectivity index (χ3n) is 4.58. The summed E-state index contributed by atoms with van der Waals surface area (Å²) in [4.78, 5) is 12.6. The second-order valence-electron chi connectivity index (χ2n) is 6.50. The van der Waals surface area contributed by atoms with Crippen molar-refractivity contribution in [3.63, 3.8) is 0 Å². The van der Waals surface area contributed by atoms with Gasteiger partial charge in [-0.2, -0.15) is 0 Å². The predicted molar refractivity (Wildman–Crippen MR) is 104 cm³/mol. The molecule has 0 saturated carbocycles. The molecule has 28 heavy (non-hydrogen) atoms. The van der Waals surface area contributed by atoms with Crippen LogP contribution in [0.4, 0.5) is 11.4 Å². The molecule has 1 N–H and O–H groups in total. The van der Waals surface area contributed by atoms with Gasteiger partial charge in [-0.1, -0.05) is 6.07 Å². The zero-order valence-electron chi connectivity index (χ0n) is 15.1. The van der Waals surface area contributed by atoms with E-state index < -0.39 is 10.0 Å². The minimum Gasteiger partial charge on any atom is -0.322 e. The summed E-state index contributed by atoms with van der Waals surface area (Å²) in [5.41, 5.74) is 3.33. The first-order chi connectivity index (χ1) is 13.4. The van der Waals surface area contributed by atoms with Crippen LogP contribution in [-0.4, -0.2) is 46.8 Å². The molecular weight excluding hydrogens is 380 g/mol. The summed E-state index contributed by atoms with van der Waals surface area (Å²) in [5.74, 6) is -0.130. The van der Waals surface area contributed by atoms with Crippen LogP contribution in [0.3, 0.4) is 0 Å². The van der Waals surface area contributed by atoms with Gasteiger partial charge in [-0.05, 0) is 65.7 Å². The van der Waals surface area contributed by atoms with Crippen molar-refractivity contribution >= 4 is 27.3 Å². The van der Waals surface area contributed by atoms with Crippen LogP contribution in [-0.2, 0) is 10.0 Å². The molecule has 1 saturated heterocycles. The summed E-state index contributed by atoms with van der Waals surface area (Å²) >= 11 is 0. The minimum atomic E-state index is -3.24.